The number of benzene rings is 2. The van der Waals surface area contributed by atoms with Gasteiger partial charge in [-0.15, -0.1) is 0 Å². The number of alkyl halides is 3. The van der Waals surface area contributed by atoms with Gasteiger partial charge in [0, 0.05) is 21.7 Å². The number of hydrogen-bond donors (Lipinski definition) is 1. The van der Waals surface area contributed by atoms with Crippen LogP contribution in [0.2, 0.25) is 5.02 Å². The van der Waals surface area contributed by atoms with Gasteiger partial charge < -0.3 is 5.32 Å². The van der Waals surface area contributed by atoms with Crippen molar-refractivity contribution in [3.63, 3.8) is 0 Å². The van der Waals surface area contributed by atoms with Crippen LogP contribution >= 0.6 is 27.5 Å². The SMILES string of the molecule is Cc1ccc(CNc2cc(Br)cc(C(F)(F)F)c2)cc1Cl. The Balaban J connectivity index is 2.16. The average molecular weight is 379 g/mol. The van der Waals surface area contributed by atoms with Crippen LogP contribution in [0, 0.1) is 6.92 Å². The van der Waals surface area contributed by atoms with E-state index >= 15 is 0 Å². The molecule has 0 unspecified atom stereocenters. The van der Waals surface area contributed by atoms with Crippen molar-refractivity contribution in [2.75, 3.05) is 5.32 Å². The molecular formula is C15H12BrClF3N. The van der Waals surface area contributed by atoms with Crippen LogP contribution in [0.4, 0.5) is 18.9 Å². The molecule has 0 aromatic heterocycles. The zero-order valence-corrected chi connectivity index (χ0v) is 13.4. The monoisotopic (exact) mass is 377 g/mol. The second-order valence-corrected chi connectivity index (χ2v) is 5.99. The Morgan fingerprint density at radius 2 is 1.86 bits per heavy atom. The molecule has 0 saturated carbocycles. The van der Waals surface area contributed by atoms with Gasteiger partial charge in [0.2, 0.25) is 0 Å². The number of anilines is 1. The third-order valence-electron chi connectivity index (χ3n) is 2.96. The van der Waals surface area contributed by atoms with E-state index in [1.54, 1.807) is 12.1 Å². The Hall–Kier alpha value is -1.20. The van der Waals surface area contributed by atoms with E-state index in [1.165, 1.54) is 0 Å². The summed E-state index contributed by atoms with van der Waals surface area (Å²) in [4.78, 5) is 0. The minimum atomic E-state index is -4.37. The highest BCUT2D eigenvalue weighted by Crippen LogP contribution is 2.33. The summed E-state index contributed by atoms with van der Waals surface area (Å²) < 4.78 is 38.6. The summed E-state index contributed by atoms with van der Waals surface area (Å²) in [6, 6.07) is 9.30. The number of halogens is 5. The maximum atomic E-state index is 12.7. The summed E-state index contributed by atoms with van der Waals surface area (Å²) in [6.45, 7) is 2.29. The van der Waals surface area contributed by atoms with Crippen molar-refractivity contribution in [1.82, 2.24) is 0 Å². The van der Waals surface area contributed by atoms with Gasteiger partial charge in [-0.3, -0.25) is 0 Å². The molecule has 2 aromatic carbocycles. The fourth-order valence-corrected chi connectivity index (χ4v) is 2.50. The summed E-state index contributed by atoms with van der Waals surface area (Å²) in [7, 11) is 0. The lowest BCUT2D eigenvalue weighted by atomic mass is 10.1. The molecule has 2 rings (SSSR count). The number of aryl methyl sites for hydroxylation is 1. The average Bonchev–Trinajstić information content (AvgIpc) is 2.38. The van der Waals surface area contributed by atoms with E-state index in [2.05, 4.69) is 21.2 Å². The summed E-state index contributed by atoms with van der Waals surface area (Å²) in [5, 5.41) is 3.61. The van der Waals surface area contributed by atoms with Gasteiger partial charge in [0.15, 0.2) is 0 Å². The molecule has 0 aliphatic rings. The van der Waals surface area contributed by atoms with E-state index in [0.717, 1.165) is 23.3 Å². The Labute approximate surface area is 134 Å². The highest BCUT2D eigenvalue weighted by Gasteiger charge is 2.31. The van der Waals surface area contributed by atoms with Gasteiger partial charge in [0.05, 0.1) is 5.56 Å². The van der Waals surface area contributed by atoms with Gasteiger partial charge in [-0.1, -0.05) is 39.7 Å². The Morgan fingerprint density at radius 3 is 2.48 bits per heavy atom. The van der Waals surface area contributed by atoms with E-state index in [-0.39, 0.29) is 0 Å². The van der Waals surface area contributed by atoms with Crippen LogP contribution in [0.1, 0.15) is 16.7 Å². The van der Waals surface area contributed by atoms with Crippen LogP contribution in [0.25, 0.3) is 0 Å². The molecule has 2 aromatic rings. The molecule has 21 heavy (non-hydrogen) atoms. The normalized spacial score (nSPS) is 11.5. The Morgan fingerprint density at radius 1 is 1.14 bits per heavy atom. The Bertz CT molecular complexity index is 656. The van der Waals surface area contributed by atoms with Crippen molar-refractivity contribution in [2.45, 2.75) is 19.6 Å². The lowest BCUT2D eigenvalue weighted by molar-refractivity contribution is -0.137. The predicted octanol–water partition coefficient (Wildman–Crippen LogP) is 6.04. The molecule has 1 N–H and O–H groups in total. The predicted molar refractivity (Wildman–Crippen MR) is 82.7 cm³/mol. The van der Waals surface area contributed by atoms with Crippen molar-refractivity contribution in [1.29, 1.82) is 0 Å². The standard InChI is InChI=1S/C15H12BrClF3N/c1-9-2-3-10(4-14(9)17)8-21-13-6-11(15(18,19)20)5-12(16)7-13/h2-7,21H,8H2,1H3. The van der Waals surface area contributed by atoms with Crippen LogP contribution in [0.15, 0.2) is 40.9 Å². The van der Waals surface area contributed by atoms with Gasteiger partial charge in [-0.2, -0.15) is 13.2 Å². The second-order valence-electron chi connectivity index (χ2n) is 4.66. The summed E-state index contributed by atoms with van der Waals surface area (Å²) in [6.07, 6.45) is -4.37. The van der Waals surface area contributed by atoms with E-state index < -0.39 is 11.7 Å². The summed E-state index contributed by atoms with van der Waals surface area (Å²) in [5.41, 5.74) is 1.57. The molecule has 0 heterocycles. The van der Waals surface area contributed by atoms with Gasteiger partial charge in [-0.05, 0) is 42.3 Å². The lowest BCUT2D eigenvalue weighted by Gasteiger charge is -2.12. The summed E-state index contributed by atoms with van der Waals surface area (Å²) in [5.74, 6) is 0. The molecule has 6 heteroatoms. The van der Waals surface area contributed by atoms with E-state index in [4.69, 9.17) is 11.6 Å². The van der Waals surface area contributed by atoms with Gasteiger partial charge >= 0.3 is 6.18 Å². The third-order valence-corrected chi connectivity index (χ3v) is 3.82. The van der Waals surface area contributed by atoms with Crippen LogP contribution < -0.4 is 5.32 Å². The third kappa shape index (κ3) is 4.38. The molecular weight excluding hydrogens is 367 g/mol. The first-order valence-corrected chi connectivity index (χ1v) is 7.29. The second kappa shape index (κ2) is 6.28. The molecule has 0 radical (unpaired) electrons. The van der Waals surface area contributed by atoms with Crippen molar-refractivity contribution >= 4 is 33.2 Å². The fraction of sp³-hybridized carbons (Fsp3) is 0.200. The van der Waals surface area contributed by atoms with Crippen molar-refractivity contribution in [3.8, 4) is 0 Å². The molecule has 0 aliphatic heterocycles. The minimum Gasteiger partial charge on any atom is -0.381 e. The quantitative estimate of drug-likeness (QED) is 0.686. The molecule has 0 fully saturated rings. The molecule has 0 atom stereocenters. The fourth-order valence-electron chi connectivity index (χ4n) is 1.81. The van der Waals surface area contributed by atoms with Gasteiger partial charge in [0.1, 0.15) is 0 Å². The smallest absolute Gasteiger partial charge is 0.381 e. The summed E-state index contributed by atoms with van der Waals surface area (Å²) >= 11 is 9.11. The molecule has 112 valence electrons. The largest absolute Gasteiger partial charge is 0.416 e. The van der Waals surface area contributed by atoms with Gasteiger partial charge in [0.25, 0.3) is 0 Å². The molecule has 0 saturated heterocycles. The molecule has 0 aliphatic carbocycles. The first-order chi connectivity index (χ1) is 9.75. The molecule has 0 spiro atoms. The zero-order valence-electron chi connectivity index (χ0n) is 11.1. The van der Waals surface area contributed by atoms with E-state index in [9.17, 15) is 13.2 Å². The lowest BCUT2D eigenvalue weighted by Crippen LogP contribution is -2.07. The van der Waals surface area contributed by atoms with E-state index in [0.29, 0.717) is 21.7 Å². The molecule has 0 amide bonds. The van der Waals surface area contributed by atoms with Crippen molar-refractivity contribution in [2.24, 2.45) is 0 Å². The van der Waals surface area contributed by atoms with Crippen LogP contribution in [0.5, 0.6) is 0 Å². The maximum absolute atomic E-state index is 12.7. The molecule has 1 nitrogen and oxygen atoms in total. The van der Waals surface area contributed by atoms with Gasteiger partial charge in [-0.25, -0.2) is 0 Å². The number of hydrogen-bond acceptors (Lipinski definition) is 1. The first kappa shape index (κ1) is 16.2. The van der Waals surface area contributed by atoms with Crippen LogP contribution in [-0.2, 0) is 12.7 Å². The zero-order chi connectivity index (χ0) is 15.6. The highest BCUT2D eigenvalue weighted by atomic mass is 79.9. The van der Waals surface area contributed by atoms with Crippen LogP contribution in [0.3, 0.4) is 0 Å². The van der Waals surface area contributed by atoms with Crippen molar-refractivity contribution < 1.29 is 13.2 Å². The van der Waals surface area contributed by atoms with Crippen molar-refractivity contribution in [3.05, 3.63) is 62.6 Å². The number of rotatable bonds is 3. The maximum Gasteiger partial charge on any atom is 0.416 e. The van der Waals surface area contributed by atoms with E-state index in [1.807, 2.05) is 19.1 Å². The number of nitrogens with one attached hydrogen (secondary N) is 1. The topological polar surface area (TPSA) is 12.0 Å². The molecule has 0 bridgehead atoms. The van der Waals surface area contributed by atoms with Crippen LogP contribution in [-0.4, -0.2) is 0 Å². The minimum absolute atomic E-state index is 0.377. The Kier molecular flexibility index (Phi) is 4.84. The first-order valence-electron chi connectivity index (χ1n) is 6.12. The highest BCUT2D eigenvalue weighted by molar-refractivity contribution is 9.10.